The lowest BCUT2D eigenvalue weighted by atomic mass is 9.96. The summed E-state index contributed by atoms with van der Waals surface area (Å²) in [5, 5.41) is 1.78. The lowest BCUT2D eigenvalue weighted by Gasteiger charge is -2.43. The molecule has 0 radical (unpaired) electrons. The molecule has 1 aromatic rings. The van der Waals surface area contributed by atoms with Crippen LogP contribution in [0.5, 0.6) is 0 Å². The summed E-state index contributed by atoms with van der Waals surface area (Å²) in [4.78, 5) is 17.2. The molecule has 8 heteroatoms. The number of thiophene rings is 1. The predicted molar refractivity (Wildman–Crippen MR) is 104 cm³/mol. The van der Waals surface area contributed by atoms with Crippen molar-refractivity contribution >= 4 is 27.3 Å². The van der Waals surface area contributed by atoms with E-state index in [9.17, 15) is 13.2 Å². The quantitative estimate of drug-likeness (QED) is 0.779. The normalized spacial score (nSPS) is 27.4. The van der Waals surface area contributed by atoms with Gasteiger partial charge in [-0.3, -0.25) is 9.69 Å². The number of likely N-dealkylation sites (tertiary alicyclic amines) is 1. The largest absolute Gasteiger partial charge is 0.336 e. The highest BCUT2D eigenvalue weighted by atomic mass is 32.2. The van der Waals surface area contributed by atoms with Crippen LogP contribution < -0.4 is 0 Å². The van der Waals surface area contributed by atoms with Gasteiger partial charge in [0.15, 0.2) is 0 Å². The van der Waals surface area contributed by atoms with Crippen LogP contribution in [-0.2, 0) is 14.8 Å². The van der Waals surface area contributed by atoms with Crippen molar-refractivity contribution in [3.05, 3.63) is 17.5 Å². The molecule has 26 heavy (non-hydrogen) atoms. The number of carbonyl (C=O) groups excluding carboxylic acids is 1. The van der Waals surface area contributed by atoms with Crippen LogP contribution in [-0.4, -0.2) is 72.7 Å². The zero-order valence-electron chi connectivity index (χ0n) is 15.8. The lowest BCUT2D eigenvalue weighted by Crippen LogP contribution is -2.58. The molecule has 2 aliphatic rings. The Bertz CT molecular complexity index is 702. The van der Waals surface area contributed by atoms with Gasteiger partial charge in [0, 0.05) is 38.3 Å². The molecule has 1 amide bonds. The van der Waals surface area contributed by atoms with Crippen molar-refractivity contribution in [1.29, 1.82) is 0 Å². The SMILES string of the molecule is C[C@H](C(=O)N1[C@H](C)CCC[C@H]1C)N1CCN(S(=O)(=O)c2cccs2)CC1. The Kier molecular flexibility index (Phi) is 6.06. The molecule has 6 nitrogen and oxygen atoms in total. The van der Waals surface area contributed by atoms with Gasteiger partial charge in [0.25, 0.3) is 10.0 Å². The van der Waals surface area contributed by atoms with Gasteiger partial charge in [-0.05, 0) is 51.5 Å². The molecule has 0 aromatic carbocycles. The summed E-state index contributed by atoms with van der Waals surface area (Å²) in [6, 6.07) is 3.78. The Labute approximate surface area is 160 Å². The van der Waals surface area contributed by atoms with Crippen molar-refractivity contribution in [2.24, 2.45) is 0 Å². The molecule has 3 atom stereocenters. The maximum Gasteiger partial charge on any atom is 0.252 e. The van der Waals surface area contributed by atoms with E-state index in [4.69, 9.17) is 0 Å². The topological polar surface area (TPSA) is 60.9 Å². The second-order valence-electron chi connectivity index (χ2n) is 7.42. The summed E-state index contributed by atoms with van der Waals surface area (Å²) in [5.41, 5.74) is 0. The number of piperazine rings is 1. The number of rotatable bonds is 4. The molecule has 2 aliphatic heterocycles. The van der Waals surface area contributed by atoms with E-state index in [2.05, 4.69) is 18.7 Å². The van der Waals surface area contributed by atoms with Crippen LogP contribution in [0.3, 0.4) is 0 Å². The Hall–Kier alpha value is -0.960. The number of hydrogen-bond acceptors (Lipinski definition) is 5. The number of sulfonamides is 1. The molecule has 0 bridgehead atoms. The first-order valence-electron chi connectivity index (χ1n) is 9.42. The zero-order chi connectivity index (χ0) is 18.9. The fraction of sp³-hybridized carbons (Fsp3) is 0.722. The number of amides is 1. The van der Waals surface area contributed by atoms with Crippen molar-refractivity contribution in [2.75, 3.05) is 26.2 Å². The van der Waals surface area contributed by atoms with Gasteiger partial charge in [-0.25, -0.2) is 8.42 Å². The van der Waals surface area contributed by atoms with Gasteiger partial charge in [0.2, 0.25) is 5.91 Å². The lowest BCUT2D eigenvalue weighted by molar-refractivity contribution is -0.143. The molecule has 0 aliphatic carbocycles. The first-order chi connectivity index (χ1) is 12.3. The van der Waals surface area contributed by atoms with Crippen LogP contribution in [0, 0.1) is 0 Å². The summed E-state index contributed by atoms with van der Waals surface area (Å²) >= 11 is 1.25. The average Bonchev–Trinajstić information content (AvgIpc) is 3.16. The summed E-state index contributed by atoms with van der Waals surface area (Å²) in [6.07, 6.45) is 3.31. The van der Waals surface area contributed by atoms with E-state index in [1.807, 2.05) is 11.8 Å². The third-order valence-electron chi connectivity index (χ3n) is 5.72. The predicted octanol–water partition coefficient (Wildman–Crippen LogP) is 2.23. The van der Waals surface area contributed by atoms with Crippen LogP contribution in [0.15, 0.2) is 21.7 Å². The molecule has 2 fully saturated rings. The monoisotopic (exact) mass is 399 g/mol. The fourth-order valence-corrected chi connectivity index (χ4v) is 6.66. The minimum absolute atomic E-state index is 0.180. The third kappa shape index (κ3) is 3.83. The molecule has 3 heterocycles. The van der Waals surface area contributed by atoms with Gasteiger partial charge < -0.3 is 4.90 Å². The first-order valence-corrected chi connectivity index (χ1v) is 11.7. The van der Waals surface area contributed by atoms with Gasteiger partial charge in [0.1, 0.15) is 4.21 Å². The van der Waals surface area contributed by atoms with E-state index in [1.54, 1.807) is 21.8 Å². The van der Waals surface area contributed by atoms with Gasteiger partial charge >= 0.3 is 0 Å². The Morgan fingerprint density at radius 3 is 2.31 bits per heavy atom. The fourth-order valence-electron chi connectivity index (χ4n) is 4.10. The van der Waals surface area contributed by atoms with Crippen LogP contribution in [0.4, 0.5) is 0 Å². The Morgan fingerprint density at radius 2 is 1.77 bits per heavy atom. The standard InChI is InChI=1S/C18H29N3O3S2/c1-14-6-4-7-15(2)21(14)18(22)16(3)19-9-11-20(12-10-19)26(23,24)17-8-5-13-25-17/h5,8,13-16H,4,6-7,9-12H2,1-3H3/t14-,15-,16-/m1/s1. The molecule has 0 saturated carbocycles. The Balaban J connectivity index is 1.61. The molecule has 0 unspecified atom stereocenters. The van der Waals surface area contributed by atoms with E-state index in [-0.39, 0.29) is 24.0 Å². The van der Waals surface area contributed by atoms with Crippen molar-refractivity contribution in [1.82, 2.24) is 14.1 Å². The average molecular weight is 400 g/mol. The molecule has 146 valence electrons. The molecule has 0 N–H and O–H groups in total. The van der Waals surface area contributed by atoms with E-state index < -0.39 is 10.0 Å². The van der Waals surface area contributed by atoms with E-state index >= 15 is 0 Å². The third-order valence-corrected chi connectivity index (χ3v) is 8.99. The summed E-state index contributed by atoms with van der Waals surface area (Å²) < 4.78 is 27.2. The van der Waals surface area contributed by atoms with Crippen molar-refractivity contribution in [3.63, 3.8) is 0 Å². The second kappa shape index (κ2) is 7.96. The van der Waals surface area contributed by atoms with Crippen molar-refractivity contribution in [3.8, 4) is 0 Å². The van der Waals surface area contributed by atoms with Gasteiger partial charge in [-0.15, -0.1) is 11.3 Å². The maximum atomic E-state index is 13.0. The zero-order valence-corrected chi connectivity index (χ0v) is 17.4. The van der Waals surface area contributed by atoms with Crippen LogP contribution in [0.1, 0.15) is 40.0 Å². The Morgan fingerprint density at radius 1 is 1.15 bits per heavy atom. The van der Waals surface area contributed by atoms with E-state index in [1.165, 1.54) is 17.8 Å². The van der Waals surface area contributed by atoms with Crippen LogP contribution >= 0.6 is 11.3 Å². The molecular formula is C18H29N3O3S2. The highest BCUT2D eigenvalue weighted by Crippen LogP contribution is 2.26. The molecule has 3 rings (SSSR count). The summed E-state index contributed by atoms with van der Waals surface area (Å²) in [6.45, 7) is 8.27. The number of carbonyl (C=O) groups is 1. The number of piperidine rings is 1. The van der Waals surface area contributed by atoms with Crippen LogP contribution in [0.25, 0.3) is 0 Å². The van der Waals surface area contributed by atoms with E-state index in [0.29, 0.717) is 30.4 Å². The molecule has 2 saturated heterocycles. The summed E-state index contributed by atoms with van der Waals surface area (Å²) in [5.74, 6) is 0.180. The molecular weight excluding hydrogens is 370 g/mol. The molecule has 0 spiro atoms. The van der Waals surface area contributed by atoms with Gasteiger partial charge in [-0.1, -0.05) is 6.07 Å². The second-order valence-corrected chi connectivity index (χ2v) is 10.5. The minimum atomic E-state index is -3.40. The maximum absolute atomic E-state index is 13.0. The van der Waals surface area contributed by atoms with Crippen molar-refractivity contribution < 1.29 is 13.2 Å². The number of hydrogen-bond donors (Lipinski definition) is 0. The highest BCUT2D eigenvalue weighted by molar-refractivity contribution is 7.91. The smallest absolute Gasteiger partial charge is 0.252 e. The molecule has 1 aromatic heterocycles. The minimum Gasteiger partial charge on any atom is -0.336 e. The van der Waals surface area contributed by atoms with E-state index in [0.717, 1.165) is 12.8 Å². The summed E-state index contributed by atoms with van der Waals surface area (Å²) in [7, 11) is -3.40. The highest BCUT2D eigenvalue weighted by Gasteiger charge is 2.36. The van der Waals surface area contributed by atoms with Crippen molar-refractivity contribution in [2.45, 2.75) is 62.4 Å². The van der Waals surface area contributed by atoms with Gasteiger partial charge in [-0.2, -0.15) is 4.31 Å². The number of nitrogens with zero attached hydrogens (tertiary/aromatic N) is 3. The van der Waals surface area contributed by atoms with Crippen LogP contribution in [0.2, 0.25) is 0 Å². The van der Waals surface area contributed by atoms with Gasteiger partial charge in [0.05, 0.1) is 6.04 Å². The first kappa shape index (κ1) is 19.8.